The fourth-order valence-electron chi connectivity index (χ4n) is 4.57. The highest BCUT2D eigenvalue weighted by molar-refractivity contribution is 6.10. The lowest BCUT2D eigenvalue weighted by Gasteiger charge is -2.29. The van der Waals surface area contributed by atoms with E-state index in [1.54, 1.807) is 38.1 Å². The van der Waals surface area contributed by atoms with E-state index in [0.29, 0.717) is 23.5 Å². The molecule has 2 N–H and O–H groups in total. The number of anilines is 2. The van der Waals surface area contributed by atoms with Crippen LogP contribution in [0.2, 0.25) is 0 Å². The Morgan fingerprint density at radius 3 is 2.36 bits per heavy atom. The zero-order valence-corrected chi connectivity index (χ0v) is 20.7. The van der Waals surface area contributed by atoms with Crippen molar-refractivity contribution in [3.8, 4) is 5.75 Å². The molecule has 0 unspecified atom stereocenters. The summed E-state index contributed by atoms with van der Waals surface area (Å²) in [6.07, 6.45) is 0.412. The molecule has 0 aliphatic carbocycles. The quantitative estimate of drug-likeness (QED) is 0.479. The highest BCUT2D eigenvalue weighted by Gasteiger charge is 2.42. The van der Waals surface area contributed by atoms with Crippen molar-refractivity contribution < 1.29 is 19.1 Å². The van der Waals surface area contributed by atoms with Crippen LogP contribution in [0.5, 0.6) is 5.75 Å². The molecule has 0 saturated heterocycles. The summed E-state index contributed by atoms with van der Waals surface area (Å²) in [4.78, 5) is 42.2. The summed E-state index contributed by atoms with van der Waals surface area (Å²) in [5.74, 6) is -0.841. The van der Waals surface area contributed by atoms with E-state index in [1.165, 1.54) is 0 Å². The van der Waals surface area contributed by atoms with Gasteiger partial charge >= 0.3 is 0 Å². The highest BCUT2D eigenvalue weighted by Crippen LogP contribution is 2.37. The molecule has 3 aromatic carbocycles. The van der Waals surface area contributed by atoms with Crippen molar-refractivity contribution in [2.45, 2.75) is 37.8 Å². The minimum atomic E-state index is -0.761. The van der Waals surface area contributed by atoms with Gasteiger partial charge in [-0.2, -0.15) is 0 Å². The normalized spacial score (nSPS) is 16.1. The monoisotopic (exact) mass is 485 g/mol. The fourth-order valence-corrected chi connectivity index (χ4v) is 4.57. The van der Waals surface area contributed by atoms with Crippen molar-refractivity contribution in [2.75, 3.05) is 24.4 Å². The number of nitrogens with zero attached hydrogens (tertiary/aromatic N) is 1. The average molecular weight is 486 g/mol. The molecule has 0 radical (unpaired) electrons. The molecule has 186 valence electrons. The molecule has 4 rings (SSSR count). The van der Waals surface area contributed by atoms with Crippen LogP contribution < -0.4 is 20.3 Å². The molecule has 3 atom stereocenters. The van der Waals surface area contributed by atoms with Crippen molar-refractivity contribution in [1.82, 2.24) is 5.32 Å². The van der Waals surface area contributed by atoms with E-state index in [0.717, 1.165) is 11.1 Å². The summed E-state index contributed by atoms with van der Waals surface area (Å²) < 4.78 is 5.38. The summed E-state index contributed by atoms with van der Waals surface area (Å²) in [6.45, 7) is 1.78. The average Bonchev–Trinajstić information content (AvgIpc) is 3.31. The first-order chi connectivity index (χ1) is 17.4. The van der Waals surface area contributed by atoms with Gasteiger partial charge in [-0.3, -0.25) is 19.3 Å². The van der Waals surface area contributed by atoms with Gasteiger partial charge in [-0.1, -0.05) is 60.7 Å². The molecule has 7 nitrogen and oxygen atoms in total. The van der Waals surface area contributed by atoms with Gasteiger partial charge in [0.2, 0.25) is 11.8 Å². The first-order valence-corrected chi connectivity index (χ1v) is 12.0. The van der Waals surface area contributed by atoms with Crippen molar-refractivity contribution in [3.05, 3.63) is 90.0 Å². The number of fused-ring (bicyclic) bond motifs is 1. The number of ether oxygens (including phenoxy) is 1. The summed E-state index contributed by atoms with van der Waals surface area (Å²) in [5, 5.41) is 5.90. The molecule has 1 heterocycles. The lowest BCUT2D eigenvalue weighted by atomic mass is 9.90. The number of hydrogen-bond donors (Lipinski definition) is 2. The fraction of sp³-hybridized carbons (Fsp3) is 0.276. The smallest absolute Gasteiger partial charge is 0.248 e. The number of hydrogen-bond acceptors (Lipinski definition) is 5. The molecular weight excluding hydrogens is 454 g/mol. The molecule has 0 saturated carbocycles. The van der Waals surface area contributed by atoms with E-state index in [2.05, 4.69) is 10.6 Å². The second kappa shape index (κ2) is 11.2. The Kier molecular flexibility index (Phi) is 7.80. The number of amides is 2. The molecule has 0 fully saturated rings. The number of nitrogens with one attached hydrogen (secondary N) is 2. The number of rotatable bonds is 9. The van der Waals surface area contributed by atoms with Crippen LogP contribution in [0.25, 0.3) is 0 Å². The standard InChI is InChI=1S/C29H31N3O4/c1-19(30-2)26(33)18-22(20-11-5-4-6-12-20)29(35)32-24-15-9-7-13-21(24)17-25(32)28(34)31-23-14-8-10-16-27(23)36-3/h4-16,19,22,25,30H,17-18H2,1-3H3,(H,31,34)/t19-,22-,25-/m0/s1. The Bertz CT molecular complexity index is 1240. The van der Waals surface area contributed by atoms with Gasteiger partial charge in [-0.05, 0) is 43.3 Å². The zero-order chi connectivity index (χ0) is 25.7. The summed E-state index contributed by atoms with van der Waals surface area (Å²) in [6, 6.07) is 22.8. The molecule has 1 aliphatic heterocycles. The maximum Gasteiger partial charge on any atom is 0.248 e. The SMILES string of the molecule is CN[C@@H](C)C(=O)C[C@H](C(=O)N1c2ccccc2C[C@H]1C(=O)Nc1ccccc1OC)c1ccccc1. The van der Waals surface area contributed by atoms with E-state index in [-0.39, 0.29) is 30.1 Å². The minimum Gasteiger partial charge on any atom is -0.495 e. The van der Waals surface area contributed by atoms with Gasteiger partial charge < -0.3 is 15.4 Å². The third-order valence-electron chi connectivity index (χ3n) is 6.70. The van der Waals surface area contributed by atoms with Crippen LogP contribution >= 0.6 is 0 Å². The predicted octanol–water partition coefficient (Wildman–Crippen LogP) is 3.94. The number of ketones is 1. The predicted molar refractivity (Wildman–Crippen MR) is 140 cm³/mol. The van der Waals surface area contributed by atoms with Crippen molar-refractivity contribution in [1.29, 1.82) is 0 Å². The minimum absolute atomic E-state index is 0.0321. The van der Waals surface area contributed by atoms with Crippen molar-refractivity contribution in [3.63, 3.8) is 0 Å². The van der Waals surface area contributed by atoms with Crippen LogP contribution in [0.4, 0.5) is 11.4 Å². The molecule has 36 heavy (non-hydrogen) atoms. The van der Waals surface area contributed by atoms with Crippen LogP contribution in [-0.2, 0) is 20.8 Å². The molecule has 7 heteroatoms. The lowest BCUT2D eigenvalue weighted by molar-refractivity contribution is -0.127. The van der Waals surface area contributed by atoms with Crippen LogP contribution in [0.1, 0.15) is 30.4 Å². The Morgan fingerprint density at radius 1 is 0.972 bits per heavy atom. The number of carbonyl (C=O) groups excluding carboxylic acids is 3. The lowest BCUT2D eigenvalue weighted by Crippen LogP contribution is -2.48. The van der Waals surface area contributed by atoms with Crippen LogP contribution in [-0.4, -0.2) is 43.8 Å². The Balaban J connectivity index is 1.70. The van der Waals surface area contributed by atoms with Crippen LogP contribution in [0.15, 0.2) is 78.9 Å². The summed E-state index contributed by atoms with van der Waals surface area (Å²) >= 11 is 0. The Hall–Kier alpha value is -3.97. The summed E-state index contributed by atoms with van der Waals surface area (Å²) in [7, 11) is 3.26. The van der Waals surface area contributed by atoms with Crippen molar-refractivity contribution >= 4 is 29.0 Å². The first kappa shape index (κ1) is 25.1. The van der Waals surface area contributed by atoms with Crippen LogP contribution in [0, 0.1) is 0 Å². The zero-order valence-electron chi connectivity index (χ0n) is 20.7. The van der Waals surface area contributed by atoms with Gasteiger partial charge in [0.05, 0.1) is 24.8 Å². The number of methoxy groups -OCH3 is 1. The third kappa shape index (κ3) is 5.16. The van der Waals surface area contributed by atoms with E-state index < -0.39 is 12.0 Å². The molecule has 0 aromatic heterocycles. The topological polar surface area (TPSA) is 87.7 Å². The molecule has 2 amide bonds. The second-order valence-corrected chi connectivity index (χ2v) is 8.89. The van der Waals surface area contributed by atoms with Gasteiger partial charge in [-0.15, -0.1) is 0 Å². The van der Waals surface area contributed by atoms with Gasteiger partial charge in [0.25, 0.3) is 0 Å². The number of Topliss-reactive ketones (excluding diaryl/α,β-unsaturated/α-hetero) is 1. The third-order valence-corrected chi connectivity index (χ3v) is 6.70. The van der Waals surface area contributed by atoms with E-state index in [1.807, 2.05) is 66.7 Å². The van der Waals surface area contributed by atoms with Gasteiger partial charge in [-0.25, -0.2) is 0 Å². The number of carbonyl (C=O) groups is 3. The van der Waals surface area contributed by atoms with Crippen LogP contribution in [0.3, 0.4) is 0 Å². The molecule has 3 aromatic rings. The number of para-hydroxylation sites is 3. The highest BCUT2D eigenvalue weighted by atomic mass is 16.5. The molecule has 1 aliphatic rings. The largest absolute Gasteiger partial charge is 0.495 e. The molecule has 0 spiro atoms. The van der Waals surface area contributed by atoms with Crippen molar-refractivity contribution in [2.24, 2.45) is 0 Å². The summed E-state index contributed by atoms with van der Waals surface area (Å²) in [5.41, 5.74) is 2.88. The van der Waals surface area contributed by atoms with Gasteiger partial charge in [0.1, 0.15) is 11.8 Å². The Labute approximate surface area is 211 Å². The van der Waals surface area contributed by atoms with E-state index in [4.69, 9.17) is 4.74 Å². The van der Waals surface area contributed by atoms with E-state index >= 15 is 0 Å². The number of benzene rings is 3. The van der Waals surface area contributed by atoms with Gasteiger partial charge in [0, 0.05) is 18.5 Å². The Morgan fingerprint density at radius 2 is 1.64 bits per heavy atom. The van der Waals surface area contributed by atoms with E-state index in [9.17, 15) is 14.4 Å². The second-order valence-electron chi connectivity index (χ2n) is 8.89. The maximum absolute atomic E-state index is 14.2. The van der Waals surface area contributed by atoms with Gasteiger partial charge in [0.15, 0.2) is 5.78 Å². The molecule has 0 bridgehead atoms. The maximum atomic E-state index is 14.2. The first-order valence-electron chi connectivity index (χ1n) is 12.0. The molecular formula is C29H31N3O4. The number of likely N-dealkylation sites (N-methyl/N-ethyl adjacent to an activating group) is 1.